The van der Waals surface area contributed by atoms with Crippen LogP contribution in [-0.4, -0.2) is 34.3 Å². The van der Waals surface area contributed by atoms with Crippen LogP contribution in [0.3, 0.4) is 0 Å². The first kappa shape index (κ1) is 17.6. The van der Waals surface area contributed by atoms with E-state index in [-0.39, 0.29) is 5.91 Å². The molecule has 0 radical (unpaired) electrons. The Morgan fingerprint density at radius 2 is 1.46 bits per heavy atom. The molecule has 0 N–H and O–H groups in total. The molecule has 3 aromatic carbocycles. The summed E-state index contributed by atoms with van der Waals surface area (Å²) in [5.41, 5.74) is 1.29. The van der Waals surface area contributed by atoms with Crippen molar-refractivity contribution in [3.8, 4) is 17.2 Å². The molecular weight excluding hydrogens is 330 g/mol. The fourth-order valence-electron chi connectivity index (χ4n) is 3.01. The van der Waals surface area contributed by atoms with Crippen molar-refractivity contribution in [1.29, 1.82) is 0 Å². The number of fused-ring (bicyclic) bond motifs is 1. The van der Waals surface area contributed by atoms with Gasteiger partial charge in [-0.2, -0.15) is 0 Å². The second-order valence-corrected chi connectivity index (χ2v) is 5.78. The molecule has 3 aromatic rings. The summed E-state index contributed by atoms with van der Waals surface area (Å²) in [6.07, 6.45) is 0. The molecule has 3 rings (SSSR count). The van der Waals surface area contributed by atoms with Gasteiger partial charge in [-0.25, -0.2) is 0 Å². The van der Waals surface area contributed by atoms with Gasteiger partial charge in [0.2, 0.25) is 5.75 Å². The van der Waals surface area contributed by atoms with Crippen LogP contribution in [0.1, 0.15) is 10.4 Å². The van der Waals surface area contributed by atoms with Crippen LogP contribution in [0.2, 0.25) is 0 Å². The van der Waals surface area contributed by atoms with Crippen LogP contribution >= 0.6 is 0 Å². The molecule has 0 spiro atoms. The van der Waals surface area contributed by atoms with Crippen LogP contribution in [0.5, 0.6) is 17.2 Å². The number of carbonyl (C=O) groups excluding carboxylic acids is 1. The molecule has 0 aliphatic rings. The van der Waals surface area contributed by atoms with E-state index in [4.69, 9.17) is 14.2 Å². The second kappa shape index (κ2) is 7.35. The molecule has 0 atom stereocenters. The van der Waals surface area contributed by atoms with Crippen LogP contribution in [-0.2, 0) is 0 Å². The van der Waals surface area contributed by atoms with E-state index in [2.05, 4.69) is 0 Å². The van der Waals surface area contributed by atoms with Gasteiger partial charge in [0.25, 0.3) is 5.91 Å². The third-order valence-electron chi connectivity index (χ3n) is 4.34. The van der Waals surface area contributed by atoms with Crippen LogP contribution in [0.15, 0.2) is 54.6 Å². The fraction of sp³-hybridized carbons (Fsp3) is 0.190. The van der Waals surface area contributed by atoms with Crippen molar-refractivity contribution in [3.05, 3.63) is 60.2 Å². The Balaban J connectivity index is 2.06. The molecule has 0 saturated heterocycles. The number of rotatable bonds is 5. The second-order valence-electron chi connectivity index (χ2n) is 5.78. The Morgan fingerprint density at radius 3 is 2.08 bits per heavy atom. The number of benzene rings is 3. The third-order valence-corrected chi connectivity index (χ3v) is 4.34. The van der Waals surface area contributed by atoms with Crippen LogP contribution in [0.4, 0.5) is 5.69 Å². The van der Waals surface area contributed by atoms with E-state index in [0.717, 1.165) is 16.5 Å². The zero-order valence-corrected chi connectivity index (χ0v) is 15.3. The third kappa shape index (κ3) is 3.04. The molecule has 5 nitrogen and oxygen atoms in total. The van der Waals surface area contributed by atoms with Gasteiger partial charge >= 0.3 is 0 Å². The van der Waals surface area contributed by atoms with Crippen molar-refractivity contribution in [3.63, 3.8) is 0 Å². The average molecular weight is 351 g/mol. The van der Waals surface area contributed by atoms with Gasteiger partial charge in [-0.05, 0) is 23.6 Å². The highest BCUT2D eigenvalue weighted by atomic mass is 16.5. The predicted octanol–water partition coefficient (Wildman–Crippen LogP) is 4.14. The van der Waals surface area contributed by atoms with Crippen molar-refractivity contribution in [1.82, 2.24) is 0 Å². The summed E-state index contributed by atoms with van der Waals surface area (Å²) >= 11 is 0. The van der Waals surface area contributed by atoms with Gasteiger partial charge in [0.15, 0.2) is 11.5 Å². The van der Waals surface area contributed by atoms with E-state index in [9.17, 15) is 4.79 Å². The lowest BCUT2D eigenvalue weighted by Crippen LogP contribution is -2.26. The van der Waals surface area contributed by atoms with Gasteiger partial charge in [-0.1, -0.05) is 36.4 Å². The first-order valence-electron chi connectivity index (χ1n) is 8.16. The number of amides is 1. The van der Waals surface area contributed by atoms with Crippen molar-refractivity contribution in [2.75, 3.05) is 33.3 Å². The standard InChI is InChI=1S/C21H21NO4/c1-22(17-11-7-9-14-8-5-6-10-16(14)17)21(23)15-12-18(24-2)20(26-4)19(13-15)25-3/h5-13H,1-4H3. The predicted molar refractivity (Wildman–Crippen MR) is 103 cm³/mol. The summed E-state index contributed by atoms with van der Waals surface area (Å²) in [5.74, 6) is 1.18. The molecule has 0 aliphatic heterocycles. The van der Waals surface area contributed by atoms with E-state index in [1.165, 1.54) is 21.3 Å². The minimum atomic E-state index is -0.166. The Hall–Kier alpha value is -3.21. The van der Waals surface area contributed by atoms with Crippen molar-refractivity contribution in [2.45, 2.75) is 0 Å². The highest BCUT2D eigenvalue weighted by Crippen LogP contribution is 2.39. The molecule has 0 bridgehead atoms. The maximum atomic E-state index is 13.1. The number of hydrogen-bond acceptors (Lipinski definition) is 4. The molecule has 134 valence electrons. The largest absolute Gasteiger partial charge is 0.493 e. The van der Waals surface area contributed by atoms with Gasteiger partial charge in [0, 0.05) is 18.0 Å². The fourth-order valence-corrected chi connectivity index (χ4v) is 3.01. The maximum absolute atomic E-state index is 13.1. The molecule has 0 fully saturated rings. The highest BCUT2D eigenvalue weighted by Gasteiger charge is 2.21. The molecule has 5 heteroatoms. The Kier molecular flexibility index (Phi) is 4.98. The highest BCUT2D eigenvalue weighted by molar-refractivity contribution is 6.11. The first-order valence-corrected chi connectivity index (χ1v) is 8.16. The van der Waals surface area contributed by atoms with Gasteiger partial charge < -0.3 is 19.1 Å². The lowest BCUT2D eigenvalue weighted by molar-refractivity contribution is 0.0992. The molecule has 1 amide bonds. The lowest BCUT2D eigenvalue weighted by atomic mass is 10.1. The molecule has 0 heterocycles. The summed E-state index contributed by atoms with van der Waals surface area (Å²) in [7, 11) is 6.34. The summed E-state index contributed by atoms with van der Waals surface area (Å²) in [6, 6.07) is 17.2. The zero-order chi connectivity index (χ0) is 18.7. The zero-order valence-electron chi connectivity index (χ0n) is 15.3. The van der Waals surface area contributed by atoms with E-state index in [1.54, 1.807) is 24.1 Å². The normalized spacial score (nSPS) is 10.5. The van der Waals surface area contributed by atoms with Gasteiger partial charge in [-0.3, -0.25) is 4.79 Å². The van der Waals surface area contributed by atoms with Crippen molar-refractivity contribution in [2.24, 2.45) is 0 Å². The monoisotopic (exact) mass is 351 g/mol. The SMILES string of the molecule is COc1cc(C(=O)N(C)c2cccc3ccccc23)cc(OC)c1OC. The molecular formula is C21H21NO4. The van der Waals surface area contributed by atoms with Gasteiger partial charge in [-0.15, -0.1) is 0 Å². The number of anilines is 1. The Morgan fingerprint density at radius 1 is 0.846 bits per heavy atom. The quantitative estimate of drug-likeness (QED) is 0.693. The number of methoxy groups -OCH3 is 3. The van der Waals surface area contributed by atoms with Gasteiger partial charge in [0.05, 0.1) is 27.0 Å². The number of ether oxygens (including phenoxy) is 3. The molecule has 0 aliphatic carbocycles. The Bertz CT molecular complexity index is 921. The van der Waals surface area contributed by atoms with E-state index < -0.39 is 0 Å². The summed E-state index contributed by atoms with van der Waals surface area (Å²) < 4.78 is 16.0. The summed E-state index contributed by atoms with van der Waals surface area (Å²) in [6.45, 7) is 0. The first-order chi connectivity index (χ1) is 12.6. The lowest BCUT2D eigenvalue weighted by Gasteiger charge is -2.21. The van der Waals surface area contributed by atoms with Crippen LogP contribution < -0.4 is 19.1 Å². The Labute approximate surface area is 152 Å². The van der Waals surface area contributed by atoms with Crippen molar-refractivity contribution < 1.29 is 19.0 Å². The van der Waals surface area contributed by atoms with E-state index >= 15 is 0 Å². The average Bonchev–Trinajstić information content (AvgIpc) is 2.70. The van der Waals surface area contributed by atoms with Crippen molar-refractivity contribution >= 4 is 22.4 Å². The molecule has 0 unspecified atom stereocenters. The van der Waals surface area contributed by atoms with Gasteiger partial charge in [0.1, 0.15) is 0 Å². The topological polar surface area (TPSA) is 48.0 Å². The number of hydrogen-bond donors (Lipinski definition) is 0. The number of nitrogens with zero attached hydrogens (tertiary/aromatic N) is 1. The van der Waals surface area contributed by atoms with E-state index in [0.29, 0.717) is 22.8 Å². The summed E-state index contributed by atoms with van der Waals surface area (Å²) in [4.78, 5) is 14.7. The number of carbonyl (C=O) groups is 1. The summed E-state index contributed by atoms with van der Waals surface area (Å²) in [5, 5.41) is 2.09. The minimum absolute atomic E-state index is 0.166. The smallest absolute Gasteiger partial charge is 0.258 e. The van der Waals surface area contributed by atoms with Crippen LogP contribution in [0, 0.1) is 0 Å². The minimum Gasteiger partial charge on any atom is -0.493 e. The molecule has 26 heavy (non-hydrogen) atoms. The van der Waals surface area contributed by atoms with E-state index in [1.807, 2.05) is 42.5 Å². The molecule has 0 saturated carbocycles. The maximum Gasteiger partial charge on any atom is 0.258 e. The molecule has 0 aromatic heterocycles. The van der Waals surface area contributed by atoms with Crippen LogP contribution in [0.25, 0.3) is 10.8 Å².